The summed E-state index contributed by atoms with van der Waals surface area (Å²) in [5, 5.41) is 19.4. The van der Waals surface area contributed by atoms with Crippen LogP contribution in [0.5, 0.6) is 0 Å². The van der Waals surface area contributed by atoms with E-state index in [-0.39, 0.29) is 28.5 Å². The molecule has 1 saturated carbocycles. The zero-order chi connectivity index (χ0) is 25.4. The molecule has 2 aromatic carbocycles. The fraction of sp³-hybridized carbons (Fsp3) is 0.538. The lowest BCUT2D eigenvalue weighted by molar-refractivity contribution is -0.0449. The van der Waals surface area contributed by atoms with Crippen molar-refractivity contribution in [1.29, 1.82) is 0 Å². The number of nitrogens with one attached hydrogen (secondary N) is 1. The molecule has 2 aliphatic heterocycles. The van der Waals surface area contributed by atoms with Crippen molar-refractivity contribution in [1.82, 2.24) is 4.72 Å². The second kappa shape index (κ2) is 10.6. The molecule has 2 aromatic rings. The van der Waals surface area contributed by atoms with Crippen LogP contribution in [0.3, 0.4) is 0 Å². The molecule has 3 aliphatic rings. The predicted octanol–water partition coefficient (Wildman–Crippen LogP) is 4.36. The minimum Gasteiger partial charge on any atom is -0.381 e. The second-order valence-corrected chi connectivity index (χ2v) is 12.1. The van der Waals surface area contributed by atoms with Crippen molar-refractivity contribution in [2.75, 3.05) is 24.7 Å². The SMILES string of the molecule is O=S1(=O)N[C@H](C2CCCCC2)CN(C2CCOCC2)c2cc(Cl)c(-c3ccc(F)c(C(O)O)c3)cc21. The van der Waals surface area contributed by atoms with E-state index < -0.39 is 22.1 Å². The van der Waals surface area contributed by atoms with Crippen LogP contribution in [0.4, 0.5) is 10.1 Å². The minimum atomic E-state index is -3.88. The van der Waals surface area contributed by atoms with E-state index in [2.05, 4.69) is 9.62 Å². The van der Waals surface area contributed by atoms with Crippen molar-refractivity contribution in [3.8, 4) is 11.1 Å². The van der Waals surface area contributed by atoms with Crippen molar-refractivity contribution in [2.45, 2.75) is 68.2 Å². The Hall–Kier alpha value is -1.75. The maximum absolute atomic E-state index is 14.1. The normalized spacial score (nSPS) is 23.5. The van der Waals surface area contributed by atoms with Crippen LogP contribution in [0.25, 0.3) is 11.1 Å². The Balaban J connectivity index is 1.62. The number of ether oxygens (including phenoxy) is 1. The number of fused-ring (bicyclic) bond motifs is 1. The number of halogens is 2. The van der Waals surface area contributed by atoms with Crippen molar-refractivity contribution in [3.63, 3.8) is 0 Å². The first-order valence-corrected chi connectivity index (χ1v) is 14.5. The number of nitrogens with zero attached hydrogens (tertiary/aromatic N) is 1. The number of aliphatic hydroxyl groups is 2. The van der Waals surface area contributed by atoms with Gasteiger partial charge < -0.3 is 19.8 Å². The van der Waals surface area contributed by atoms with Gasteiger partial charge in [0, 0.05) is 43.0 Å². The highest BCUT2D eigenvalue weighted by atomic mass is 35.5. The second-order valence-electron chi connectivity index (χ2n) is 10.0. The van der Waals surface area contributed by atoms with E-state index in [1.54, 1.807) is 6.07 Å². The number of sulfonamides is 1. The monoisotopic (exact) mass is 538 g/mol. The molecule has 0 radical (unpaired) electrons. The standard InChI is InChI=1S/C26H32ClFN2O5S/c27-21-14-24-25(13-19(21)17-6-7-22(28)20(12-17)26(31)32)36(33,34)29-23(16-4-2-1-3-5-16)15-30(24)18-8-10-35-11-9-18/h6-7,12-14,16,18,23,26,29,31-32H,1-5,8-11,15H2/t23-/m0/s1. The minimum absolute atomic E-state index is 0.127. The quantitative estimate of drug-likeness (QED) is 0.500. The Morgan fingerprint density at radius 3 is 2.47 bits per heavy atom. The van der Waals surface area contributed by atoms with Gasteiger partial charge in [0.05, 0.1) is 10.7 Å². The lowest BCUT2D eigenvalue weighted by Crippen LogP contribution is -2.49. The molecule has 0 amide bonds. The highest BCUT2D eigenvalue weighted by molar-refractivity contribution is 7.89. The smallest absolute Gasteiger partial charge is 0.242 e. The molecule has 0 spiro atoms. The lowest BCUT2D eigenvalue weighted by Gasteiger charge is -2.39. The Bertz CT molecular complexity index is 1210. The molecule has 196 valence electrons. The molecule has 3 N–H and O–H groups in total. The van der Waals surface area contributed by atoms with Crippen LogP contribution in [-0.2, 0) is 14.8 Å². The fourth-order valence-electron chi connectivity index (χ4n) is 5.85. The molecule has 2 heterocycles. The largest absolute Gasteiger partial charge is 0.381 e. The topological polar surface area (TPSA) is 99.1 Å². The maximum atomic E-state index is 14.1. The summed E-state index contributed by atoms with van der Waals surface area (Å²) >= 11 is 6.72. The zero-order valence-electron chi connectivity index (χ0n) is 20.0. The number of aliphatic hydroxyl groups excluding tert-OH is 1. The molecule has 36 heavy (non-hydrogen) atoms. The van der Waals surface area contributed by atoms with E-state index in [4.69, 9.17) is 16.3 Å². The van der Waals surface area contributed by atoms with Crippen LogP contribution in [0.2, 0.25) is 5.02 Å². The third kappa shape index (κ3) is 5.14. The van der Waals surface area contributed by atoms with Gasteiger partial charge in [-0.15, -0.1) is 0 Å². The molecule has 2 fully saturated rings. The first-order valence-electron chi connectivity index (χ1n) is 12.6. The van der Waals surface area contributed by atoms with Gasteiger partial charge in [0.2, 0.25) is 10.0 Å². The molecule has 7 nitrogen and oxygen atoms in total. The van der Waals surface area contributed by atoms with Crippen molar-refractivity contribution in [3.05, 3.63) is 46.7 Å². The van der Waals surface area contributed by atoms with E-state index in [1.807, 2.05) is 0 Å². The van der Waals surface area contributed by atoms with Gasteiger partial charge in [-0.25, -0.2) is 17.5 Å². The summed E-state index contributed by atoms with van der Waals surface area (Å²) in [6, 6.07) is 6.97. The summed E-state index contributed by atoms with van der Waals surface area (Å²) in [5.41, 5.74) is 1.03. The predicted molar refractivity (Wildman–Crippen MR) is 136 cm³/mol. The van der Waals surface area contributed by atoms with Gasteiger partial charge in [-0.05, 0) is 61.4 Å². The summed E-state index contributed by atoms with van der Waals surface area (Å²) in [6.07, 6.45) is 4.98. The van der Waals surface area contributed by atoms with Crippen LogP contribution in [0.1, 0.15) is 56.8 Å². The van der Waals surface area contributed by atoms with Crippen LogP contribution in [-0.4, -0.2) is 50.5 Å². The maximum Gasteiger partial charge on any atom is 0.242 e. The summed E-state index contributed by atoms with van der Waals surface area (Å²) in [6.45, 7) is 1.81. The van der Waals surface area contributed by atoms with Crippen molar-refractivity contribution < 1.29 is 27.8 Å². The highest BCUT2D eigenvalue weighted by Gasteiger charge is 2.38. The van der Waals surface area contributed by atoms with E-state index in [0.717, 1.165) is 44.6 Å². The average molecular weight is 539 g/mol. The highest BCUT2D eigenvalue weighted by Crippen LogP contribution is 2.42. The van der Waals surface area contributed by atoms with Crippen LogP contribution in [0, 0.1) is 11.7 Å². The molecular weight excluding hydrogens is 507 g/mol. The molecule has 10 heteroatoms. The number of anilines is 1. The molecule has 0 aromatic heterocycles. The summed E-state index contributed by atoms with van der Waals surface area (Å²) < 4.78 is 50.2. The molecule has 1 saturated heterocycles. The first kappa shape index (κ1) is 25.9. The van der Waals surface area contributed by atoms with E-state index in [1.165, 1.54) is 24.6 Å². The third-order valence-corrected chi connectivity index (χ3v) is 9.61. The van der Waals surface area contributed by atoms with Gasteiger partial charge in [-0.2, -0.15) is 0 Å². The van der Waals surface area contributed by atoms with Crippen LogP contribution < -0.4 is 9.62 Å². The van der Waals surface area contributed by atoms with Crippen molar-refractivity contribution in [2.24, 2.45) is 5.92 Å². The van der Waals surface area contributed by atoms with Gasteiger partial charge in [0.15, 0.2) is 6.29 Å². The average Bonchev–Trinajstić information content (AvgIpc) is 2.98. The molecule has 0 unspecified atom stereocenters. The van der Waals surface area contributed by atoms with Gasteiger partial charge in [-0.1, -0.05) is 36.9 Å². The molecule has 0 bridgehead atoms. The number of benzene rings is 2. The summed E-state index contributed by atoms with van der Waals surface area (Å²) in [5.74, 6) is -0.499. The van der Waals surface area contributed by atoms with E-state index >= 15 is 0 Å². The Labute approximate surface area is 216 Å². The molecular formula is C26H32ClFN2O5S. The lowest BCUT2D eigenvalue weighted by atomic mass is 9.83. The van der Waals surface area contributed by atoms with Crippen LogP contribution >= 0.6 is 11.6 Å². The van der Waals surface area contributed by atoms with Gasteiger partial charge >= 0.3 is 0 Å². The van der Waals surface area contributed by atoms with Gasteiger partial charge in [0.25, 0.3) is 0 Å². The summed E-state index contributed by atoms with van der Waals surface area (Å²) in [7, 11) is -3.88. The van der Waals surface area contributed by atoms with E-state index in [9.17, 15) is 23.0 Å². The fourth-order valence-corrected chi connectivity index (χ4v) is 7.63. The first-order chi connectivity index (χ1) is 17.2. The third-order valence-electron chi connectivity index (χ3n) is 7.78. The Morgan fingerprint density at radius 2 is 1.78 bits per heavy atom. The van der Waals surface area contributed by atoms with E-state index in [0.29, 0.717) is 41.6 Å². The van der Waals surface area contributed by atoms with Gasteiger partial charge in [0.1, 0.15) is 10.7 Å². The number of hydrogen-bond acceptors (Lipinski definition) is 6. The van der Waals surface area contributed by atoms with Crippen LogP contribution in [0.15, 0.2) is 35.2 Å². The van der Waals surface area contributed by atoms with Gasteiger partial charge in [-0.3, -0.25) is 0 Å². The number of hydrogen-bond donors (Lipinski definition) is 3. The molecule has 5 rings (SSSR count). The molecule has 1 atom stereocenters. The summed E-state index contributed by atoms with van der Waals surface area (Å²) in [4.78, 5) is 2.32. The zero-order valence-corrected chi connectivity index (χ0v) is 21.6. The Morgan fingerprint density at radius 1 is 1.06 bits per heavy atom. The van der Waals surface area contributed by atoms with Crippen molar-refractivity contribution >= 4 is 27.3 Å². The molecule has 1 aliphatic carbocycles. The Kier molecular flexibility index (Phi) is 7.59. The number of rotatable bonds is 4.